The lowest BCUT2D eigenvalue weighted by Crippen LogP contribution is -2.31. The Labute approximate surface area is 158 Å². The summed E-state index contributed by atoms with van der Waals surface area (Å²) in [5.41, 5.74) is 3.52. The van der Waals surface area contributed by atoms with Crippen LogP contribution in [0.1, 0.15) is 27.0 Å². The van der Waals surface area contributed by atoms with E-state index in [2.05, 4.69) is 5.32 Å². The van der Waals surface area contributed by atoms with Crippen LogP contribution in [0.4, 0.5) is 0 Å². The van der Waals surface area contributed by atoms with E-state index < -0.39 is 5.97 Å². The number of amides is 1. The number of nitrogens with one attached hydrogen (secondary N) is 1. The van der Waals surface area contributed by atoms with Crippen LogP contribution < -0.4 is 5.32 Å². The molecule has 0 aliphatic carbocycles. The Morgan fingerprint density at radius 1 is 0.741 bits per heavy atom. The summed E-state index contributed by atoms with van der Waals surface area (Å²) in [5, 5.41) is 2.65. The number of carbonyl (C=O) groups excluding carboxylic acids is 2. The Hall–Kier alpha value is -3.40. The van der Waals surface area contributed by atoms with Crippen LogP contribution in [-0.2, 0) is 22.6 Å². The highest BCUT2D eigenvalue weighted by Gasteiger charge is 2.13. The maximum Gasteiger partial charge on any atom is 0.325 e. The second-order valence-electron chi connectivity index (χ2n) is 6.15. The highest BCUT2D eigenvalue weighted by Crippen LogP contribution is 2.14. The van der Waals surface area contributed by atoms with E-state index in [0.29, 0.717) is 12.0 Å². The molecule has 27 heavy (non-hydrogen) atoms. The maximum absolute atomic E-state index is 12.5. The molecule has 0 saturated heterocycles. The van der Waals surface area contributed by atoms with Gasteiger partial charge in [0.25, 0.3) is 5.91 Å². The average molecular weight is 359 g/mol. The quantitative estimate of drug-likeness (QED) is 0.654. The Bertz CT molecular complexity index is 892. The second-order valence-corrected chi connectivity index (χ2v) is 6.15. The molecule has 3 aromatic rings. The molecule has 0 atom stereocenters. The second kappa shape index (κ2) is 9.34. The molecule has 136 valence electrons. The molecule has 0 bridgehead atoms. The molecule has 0 unspecified atom stereocenters. The summed E-state index contributed by atoms with van der Waals surface area (Å²) in [6, 6.07) is 26.8. The smallest absolute Gasteiger partial charge is 0.325 e. The molecule has 0 aliphatic rings. The lowest BCUT2D eigenvalue weighted by molar-refractivity contribution is -0.143. The summed E-state index contributed by atoms with van der Waals surface area (Å²) >= 11 is 0. The van der Waals surface area contributed by atoms with E-state index in [4.69, 9.17) is 4.74 Å². The fourth-order valence-electron chi connectivity index (χ4n) is 2.75. The Balaban J connectivity index is 1.55. The van der Waals surface area contributed by atoms with Gasteiger partial charge in [0, 0.05) is 5.56 Å². The van der Waals surface area contributed by atoms with Crippen LogP contribution >= 0.6 is 0 Å². The first-order valence-electron chi connectivity index (χ1n) is 8.82. The number of rotatable bonds is 7. The van der Waals surface area contributed by atoms with Gasteiger partial charge >= 0.3 is 5.97 Å². The molecule has 0 spiro atoms. The number of esters is 1. The molecule has 0 heterocycles. The van der Waals surface area contributed by atoms with E-state index in [1.807, 2.05) is 78.9 Å². The fraction of sp³-hybridized carbons (Fsp3) is 0.130. The molecule has 0 fully saturated rings. The van der Waals surface area contributed by atoms with Crippen LogP contribution in [0.3, 0.4) is 0 Å². The van der Waals surface area contributed by atoms with Gasteiger partial charge in [-0.25, -0.2) is 0 Å². The Morgan fingerprint density at radius 2 is 1.33 bits per heavy atom. The molecular formula is C23H21NO3. The van der Waals surface area contributed by atoms with Crippen LogP contribution in [-0.4, -0.2) is 18.4 Å². The Morgan fingerprint density at radius 3 is 2.04 bits per heavy atom. The van der Waals surface area contributed by atoms with Gasteiger partial charge in [0.1, 0.15) is 13.2 Å². The van der Waals surface area contributed by atoms with E-state index in [-0.39, 0.29) is 19.1 Å². The van der Waals surface area contributed by atoms with Crippen LogP contribution in [0.25, 0.3) is 0 Å². The predicted octanol–water partition coefficient (Wildman–Crippen LogP) is 3.75. The van der Waals surface area contributed by atoms with Crippen molar-refractivity contribution in [3.05, 3.63) is 107 Å². The number of benzene rings is 3. The third-order valence-electron chi connectivity index (χ3n) is 4.14. The number of carbonyl (C=O) groups is 2. The molecule has 1 amide bonds. The first kappa shape index (κ1) is 18.4. The van der Waals surface area contributed by atoms with Gasteiger partial charge in [-0.2, -0.15) is 0 Å². The first-order chi connectivity index (χ1) is 13.2. The molecule has 0 saturated carbocycles. The van der Waals surface area contributed by atoms with Crippen molar-refractivity contribution in [3.8, 4) is 0 Å². The van der Waals surface area contributed by atoms with Gasteiger partial charge in [0.2, 0.25) is 0 Å². The lowest BCUT2D eigenvalue weighted by Gasteiger charge is -2.10. The van der Waals surface area contributed by atoms with Gasteiger partial charge in [0.05, 0.1) is 0 Å². The summed E-state index contributed by atoms with van der Waals surface area (Å²) in [5.74, 6) is -0.745. The zero-order valence-electron chi connectivity index (χ0n) is 14.9. The van der Waals surface area contributed by atoms with Crippen molar-refractivity contribution in [1.29, 1.82) is 0 Å². The van der Waals surface area contributed by atoms with Gasteiger partial charge in [-0.05, 0) is 29.2 Å². The van der Waals surface area contributed by atoms with Crippen molar-refractivity contribution in [1.82, 2.24) is 5.32 Å². The summed E-state index contributed by atoms with van der Waals surface area (Å²) in [6.45, 7) is 0.0332. The predicted molar refractivity (Wildman–Crippen MR) is 104 cm³/mol. The van der Waals surface area contributed by atoms with Crippen LogP contribution in [0.5, 0.6) is 0 Å². The molecule has 0 aliphatic heterocycles. The molecular weight excluding hydrogens is 338 g/mol. The van der Waals surface area contributed by atoms with Gasteiger partial charge < -0.3 is 10.1 Å². The number of hydrogen-bond acceptors (Lipinski definition) is 3. The molecule has 0 aromatic heterocycles. The minimum absolute atomic E-state index is 0.161. The summed E-state index contributed by atoms with van der Waals surface area (Å²) in [7, 11) is 0. The number of ether oxygens (including phenoxy) is 1. The third kappa shape index (κ3) is 5.54. The van der Waals surface area contributed by atoms with Crippen molar-refractivity contribution in [2.45, 2.75) is 13.0 Å². The van der Waals surface area contributed by atoms with Gasteiger partial charge in [0.15, 0.2) is 0 Å². The zero-order chi connectivity index (χ0) is 18.9. The van der Waals surface area contributed by atoms with Crippen LogP contribution in [0, 0.1) is 0 Å². The van der Waals surface area contributed by atoms with Crippen LogP contribution in [0.15, 0.2) is 84.9 Å². The third-order valence-corrected chi connectivity index (χ3v) is 4.14. The molecule has 1 N–H and O–H groups in total. The summed E-state index contributed by atoms with van der Waals surface area (Å²) in [4.78, 5) is 24.4. The Kier molecular flexibility index (Phi) is 6.36. The average Bonchev–Trinajstić information content (AvgIpc) is 2.72. The largest absolute Gasteiger partial charge is 0.460 e. The van der Waals surface area contributed by atoms with E-state index >= 15 is 0 Å². The molecule has 4 heteroatoms. The zero-order valence-corrected chi connectivity index (χ0v) is 14.9. The van der Waals surface area contributed by atoms with E-state index in [1.165, 1.54) is 0 Å². The van der Waals surface area contributed by atoms with Gasteiger partial charge in [-0.3, -0.25) is 9.59 Å². The van der Waals surface area contributed by atoms with E-state index in [1.54, 1.807) is 6.07 Å². The fourth-order valence-corrected chi connectivity index (χ4v) is 2.75. The standard InChI is InChI=1S/C23H21NO3/c25-22(27-17-19-11-5-2-6-12-19)16-24-23(26)21-14-8-7-13-20(21)15-18-9-3-1-4-10-18/h1-14H,15-17H2,(H,24,26). The molecule has 0 radical (unpaired) electrons. The monoisotopic (exact) mass is 359 g/mol. The van der Waals surface area contributed by atoms with E-state index in [9.17, 15) is 9.59 Å². The molecule has 4 nitrogen and oxygen atoms in total. The minimum Gasteiger partial charge on any atom is -0.460 e. The molecule has 3 aromatic carbocycles. The lowest BCUT2D eigenvalue weighted by atomic mass is 9.99. The van der Waals surface area contributed by atoms with Crippen molar-refractivity contribution in [3.63, 3.8) is 0 Å². The minimum atomic E-state index is -0.465. The van der Waals surface area contributed by atoms with Crippen molar-refractivity contribution in [2.24, 2.45) is 0 Å². The van der Waals surface area contributed by atoms with Crippen LogP contribution in [0.2, 0.25) is 0 Å². The van der Waals surface area contributed by atoms with Crippen molar-refractivity contribution < 1.29 is 14.3 Å². The van der Waals surface area contributed by atoms with E-state index in [0.717, 1.165) is 16.7 Å². The highest BCUT2D eigenvalue weighted by molar-refractivity contribution is 5.97. The first-order valence-corrected chi connectivity index (χ1v) is 8.82. The van der Waals surface area contributed by atoms with Crippen molar-refractivity contribution in [2.75, 3.05) is 6.54 Å². The number of hydrogen-bond donors (Lipinski definition) is 1. The van der Waals surface area contributed by atoms with Gasteiger partial charge in [-0.1, -0.05) is 78.9 Å². The molecule has 3 rings (SSSR count). The maximum atomic E-state index is 12.5. The van der Waals surface area contributed by atoms with Crippen molar-refractivity contribution >= 4 is 11.9 Å². The normalized spacial score (nSPS) is 10.2. The topological polar surface area (TPSA) is 55.4 Å². The highest BCUT2D eigenvalue weighted by atomic mass is 16.5. The summed E-state index contributed by atoms with van der Waals surface area (Å²) in [6.07, 6.45) is 0.656. The SMILES string of the molecule is O=C(CNC(=O)c1ccccc1Cc1ccccc1)OCc1ccccc1. The van der Waals surface area contributed by atoms with Gasteiger partial charge in [-0.15, -0.1) is 0 Å². The summed E-state index contributed by atoms with van der Waals surface area (Å²) < 4.78 is 5.19.